The lowest BCUT2D eigenvalue weighted by Gasteiger charge is -2.38. The Bertz CT molecular complexity index is 236. The first-order valence-electron chi connectivity index (χ1n) is 8.83. The van der Waals surface area contributed by atoms with E-state index in [9.17, 15) is 5.11 Å². The molecule has 0 aliphatic heterocycles. The van der Waals surface area contributed by atoms with Crippen LogP contribution in [0.2, 0.25) is 0 Å². The van der Waals surface area contributed by atoms with Gasteiger partial charge in [-0.2, -0.15) is 0 Å². The van der Waals surface area contributed by atoms with Gasteiger partial charge in [-0.1, -0.05) is 13.3 Å². The van der Waals surface area contributed by atoms with Crippen LogP contribution in [-0.4, -0.2) is 91.9 Å². The van der Waals surface area contributed by atoms with Crippen molar-refractivity contribution in [1.29, 1.82) is 0 Å². The van der Waals surface area contributed by atoms with E-state index in [2.05, 4.69) is 51.6 Å². The van der Waals surface area contributed by atoms with Crippen LogP contribution in [0.5, 0.6) is 0 Å². The molecule has 1 atom stereocenters. The molecular formula is C17H40N3O+. The van der Waals surface area contributed by atoms with Crippen molar-refractivity contribution in [3.05, 3.63) is 0 Å². The van der Waals surface area contributed by atoms with Crippen LogP contribution < -0.4 is 0 Å². The third-order valence-corrected chi connectivity index (χ3v) is 4.89. The van der Waals surface area contributed by atoms with Crippen molar-refractivity contribution in [1.82, 2.24) is 9.80 Å². The first-order chi connectivity index (χ1) is 9.92. The van der Waals surface area contributed by atoms with E-state index in [1.54, 1.807) is 0 Å². The zero-order chi connectivity index (χ0) is 16.3. The normalized spacial score (nSPS) is 14.1. The fourth-order valence-electron chi connectivity index (χ4n) is 2.90. The highest BCUT2D eigenvalue weighted by atomic mass is 16.3. The molecule has 0 amide bonds. The van der Waals surface area contributed by atoms with Crippen LogP contribution in [0.3, 0.4) is 0 Å². The van der Waals surface area contributed by atoms with E-state index in [1.807, 2.05) is 0 Å². The number of hydrogen-bond donors (Lipinski definition) is 1. The largest absolute Gasteiger partial charge is 0.386 e. The summed E-state index contributed by atoms with van der Waals surface area (Å²) in [6.07, 6.45) is 2.30. The molecular weight excluding hydrogens is 262 g/mol. The van der Waals surface area contributed by atoms with Crippen molar-refractivity contribution in [3.8, 4) is 0 Å². The quantitative estimate of drug-likeness (QED) is 0.526. The van der Waals surface area contributed by atoms with E-state index in [-0.39, 0.29) is 6.10 Å². The fourth-order valence-corrected chi connectivity index (χ4v) is 2.90. The van der Waals surface area contributed by atoms with Gasteiger partial charge >= 0.3 is 0 Å². The summed E-state index contributed by atoms with van der Waals surface area (Å²) in [5, 5.41) is 10.4. The van der Waals surface area contributed by atoms with Crippen molar-refractivity contribution in [2.45, 2.75) is 46.6 Å². The summed E-state index contributed by atoms with van der Waals surface area (Å²) in [4.78, 5) is 4.65. The van der Waals surface area contributed by atoms with Crippen molar-refractivity contribution >= 4 is 0 Å². The zero-order valence-electron chi connectivity index (χ0n) is 15.4. The van der Waals surface area contributed by atoms with Crippen molar-refractivity contribution in [3.63, 3.8) is 0 Å². The summed E-state index contributed by atoms with van der Waals surface area (Å²) in [7, 11) is 4.31. The second-order valence-corrected chi connectivity index (χ2v) is 6.55. The van der Waals surface area contributed by atoms with Gasteiger partial charge in [-0.3, -0.25) is 0 Å². The molecule has 0 saturated carbocycles. The highest BCUT2D eigenvalue weighted by Gasteiger charge is 2.25. The molecule has 0 aliphatic carbocycles. The van der Waals surface area contributed by atoms with Crippen LogP contribution in [0.15, 0.2) is 0 Å². The maximum atomic E-state index is 10.4. The Morgan fingerprint density at radius 3 is 1.86 bits per heavy atom. The minimum absolute atomic E-state index is 0.226. The van der Waals surface area contributed by atoms with Crippen LogP contribution >= 0.6 is 0 Å². The number of likely N-dealkylation sites (N-methyl/N-ethyl adjacent to an activating group) is 3. The van der Waals surface area contributed by atoms with E-state index in [1.165, 1.54) is 19.4 Å². The number of rotatable bonds is 13. The zero-order valence-corrected chi connectivity index (χ0v) is 15.4. The minimum Gasteiger partial charge on any atom is -0.386 e. The Morgan fingerprint density at radius 2 is 1.38 bits per heavy atom. The number of hydrogen-bond acceptors (Lipinski definition) is 3. The van der Waals surface area contributed by atoms with Gasteiger partial charge in [-0.25, -0.2) is 0 Å². The molecule has 0 bridgehead atoms. The standard InChI is InChI=1S/C17H40N3O/c1-7-11-12-18(5)13-14-19(6)15-17(21)16-20(8-2,9-3)10-4/h17,21H,7-16H2,1-6H3/q+1. The Kier molecular flexibility index (Phi) is 11.3. The Labute approximate surface area is 133 Å². The Morgan fingerprint density at radius 1 is 0.857 bits per heavy atom. The molecule has 0 fully saturated rings. The van der Waals surface area contributed by atoms with Gasteiger partial charge in [0.25, 0.3) is 0 Å². The van der Waals surface area contributed by atoms with Crippen LogP contribution in [0.4, 0.5) is 0 Å². The van der Waals surface area contributed by atoms with E-state index in [0.717, 1.165) is 50.3 Å². The van der Waals surface area contributed by atoms with Gasteiger partial charge in [-0.05, 0) is 47.8 Å². The molecule has 0 aliphatic rings. The van der Waals surface area contributed by atoms with Gasteiger partial charge < -0.3 is 19.4 Å². The average Bonchev–Trinajstić information content (AvgIpc) is 2.48. The number of aliphatic hydroxyl groups is 1. The molecule has 4 nitrogen and oxygen atoms in total. The third kappa shape index (κ3) is 8.77. The number of nitrogens with zero attached hydrogens (tertiary/aromatic N) is 3. The molecule has 1 unspecified atom stereocenters. The van der Waals surface area contributed by atoms with Crippen LogP contribution in [0.25, 0.3) is 0 Å². The lowest BCUT2D eigenvalue weighted by atomic mass is 10.2. The van der Waals surface area contributed by atoms with Crippen LogP contribution in [0.1, 0.15) is 40.5 Å². The molecule has 4 heteroatoms. The summed E-state index contributed by atoms with van der Waals surface area (Å²) >= 11 is 0. The fraction of sp³-hybridized carbons (Fsp3) is 1.00. The maximum Gasteiger partial charge on any atom is 0.115 e. The third-order valence-electron chi connectivity index (χ3n) is 4.89. The molecule has 0 heterocycles. The first-order valence-corrected chi connectivity index (χ1v) is 8.83. The topological polar surface area (TPSA) is 26.7 Å². The van der Waals surface area contributed by atoms with E-state index in [0.29, 0.717) is 0 Å². The van der Waals surface area contributed by atoms with E-state index >= 15 is 0 Å². The van der Waals surface area contributed by atoms with Gasteiger partial charge in [-0.15, -0.1) is 0 Å². The summed E-state index contributed by atoms with van der Waals surface area (Å²) in [6.45, 7) is 17.2. The molecule has 0 aromatic rings. The summed E-state index contributed by atoms with van der Waals surface area (Å²) in [5.41, 5.74) is 0. The van der Waals surface area contributed by atoms with Gasteiger partial charge in [0.2, 0.25) is 0 Å². The summed E-state index contributed by atoms with van der Waals surface area (Å²) in [6, 6.07) is 0. The highest BCUT2D eigenvalue weighted by molar-refractivity contribution is 4.63. The lowest BCUT2D eigenvalue weighted by Crippen LogP contribution is -2.53. The number of quaternary nitrogens is 1. The van der Waals surface area contributed by atoms with Crippen molar-refractivity contribution in [2.75, 3.05) is 66.5 Å². The van der Waals surface area contributed by atoms with Crippen LogP contribution in [-0.2, 0) is 0 Å². The Balaban J connectivity index is 4.05. The van der Waals surface area contributed by atoms with Gasteiger partial charge in [0.05, 0.1) is 19.6 Å². The average molecular weight is 303 g/mol. The van der Waals surface area contributed by atoms with Gasteiger partial charge in [0.15, 0.2) is 0 Å². The predicted molar refractivity (Wildman–Crippen MR) is 92.7 cm³/mol. The number of aliphatic hydroxyl groups excluding tert-OH is 1. The van der Waals surface area contributed by atoms with Gasteiger partial charge in [0, 0.05) is 19.6 Å². The predicted octanol–water partition coefficient (Wildman–Crippen LogP) is 1.89. The molecule has 0 spiro atoms. The van der Waals surface area contributed by atoms with Gasteiger partial charge in [0.1, 0.15) is 12.6 Å². The first kappa shape index (κ1) is 20.8. The second-order valence-electron chi connectivity index (χ2n) is 6.55. The van der Waals surface area contributed by atoms with Crippen LogP contribution in [0, 0.1) is 0 Å². The van der Waals surface area contributed by atoms with Crippen molar-refractivity contribution in [2.24, 2.45) is 0 Å². The Hall–Kier alpha value is -0.160. The minimum atomic E-state index is -0.226. The molecule has 0 aromatic heterocycles. The molecule has 21 heavy (non-hydrogen) atoms. The molecule has 0 radical (unpaired) electrons. The molecule has 0 saturated heterocycles. The van der Waals surface area contributed by atoms with E-state index < -0.39 is 0 Å². The monoisotopic (exact) mass is 302 g/mol. The molecule has 1 N–H and O–H groups in total. The van der Waals surface area contributed by atoms with E-state index in [4.69, 9.17) is 0 Å². The summed E-state index contributed by atoms with van der Waals surface area (Å²) in [5.74, 6) is 0. The van der Waals surface area contributed by atoms with Crippen molar-refractivity contribution < 1.29 is 9.59 Å². The number of unbranched alkanes of at least 4 members (excludes halogenated alkanes) is 1. The highest BCUT2D eigenvalue weighted by Crippen LogP contribution is 2.08. The maximum absolute atomic E-state index is 10.4. The molecule has 0 aromatic carbocycles. The SMILES string of the molecule is CCCCN(C)CCN(C)CC(O)C[N+](CC)(CC)CC. The molecule has 128 valence electrons. The summed E-state index contributed by atoms with van der Waals surface area (Å²) < 4.78 is 1.02. The second kappa shape index (κ2) is 11.4. The molecule has 0 rings (SSSR count). The smallest absolute Gasteiger partial charge is 0.115 e. The lowest BCUT2D eigenvalue weighted by molar-refractivity contribution is -0.926.